The maximum atomic E-state index is 11.6. The molecule has 3 aromatic carbocycles. The van der Waals surface area contributed by atoms with Crippen LogP contribution in [0.4, 0.5) is 40.5 Å². The number of carbonyl (C=O) groups is 4. The minimum Gasteiger partial charge on any atom is -0.545 e. The average molecular weight is 767 g/mol. The molecule has 6 aromatic rings. The molecule has 59 heavy (non-hydrogen) atoms. The van der Waals surface area contributed by atoms with E-state index in [4.69, 9.17) is 11.6 Å². The summed E-state index contributed by atoms with van der Waals surface area (Å²) >= 11 is 0. The summed E-state index contributed by atoms with van der Waals surface area (Å²) in [4.78, 5) is 54.6. The monoisotopic (exact) mass is 767 g/mol. The van der Waals surface area contributed by atoms with Crippen LogP contribution in [0.3, 0.4) is 0 Å². The molecule has 5 N–H and O–H groups in total. The Morgan fingerprint density at radius 2 is 1.31 bits per heavy atom. The predicted molar refractivity (Wildman–Crippen MR) is 181 cm³/mol. The average Bonchev–Trinajstić information content (AvgIpc) is 3.72. The number of benzene rings is 3. The number of carboxylic acids is 4. The van der Waals surface area contributed by atoms with E-state index in [2.05, 4.69) is 35.7 Å². The molecule has 0 spiro atoms. The van der Waals surface area contributed by atoms with Crippen LogP contribution in [0.25, 0.3) is 11.5 Å². The molecular weight excluding hydrogens is 746 g/mol. The van der Waals surface area contributed by atoms with Crippen LogP contribution in [-0.4, -0.2) is 53.4 Å². The number of aromatic nitrogens is 6. The Morgan fingerprint density at radius 1 is 0.763 bits per heavy atom. The number of carboxylic acid groups (broad SMARTS) is 4. The SMILES string of the molecule is Cc1nn(-c2cc(Nc3ccc(C(=O)[O-])cc3)nc(N(N)c3ccc(C(=O)[O-])cc3)n2)c(N)c1N=Nc1c(C#N)cnn1-c1cc(C(=O)[O-])cc(C(=O)[O-])c1.[Li+].[Li+].[Li+].[Li+]. The molecule has 0 radical (unpaired) electrons. The van der Waals surface area contributed by atoms with Gasteiger partial charge in [-0.1, -0.05) is 24.3 Å². The molecule has 0 amide bonds. The molecule has 0 saturated carbocycles. The summed E-state index contributed by atoms with van der Waals surface area (Å²) in [5.74, 6) is -0.102. The number of aryl methyl sites for hydroxylation is 1. The van der Waals surface area contributed by atoms with Gasteiger partial charge in [0, 0.05) is 11.8 Å². The zero-order valence-electron chi connectivity index (χ0n) is 31.9. The van der Waals surface area contributed by atoms with E-state index in [-0.39, 0.29) is 144 Å². The molecule has 0 atom stereocenters. The summed E-state index contributed by atoms with van der Waals surface area (Å²) in [7, 11) is 0. The van der Waals surface area contributed by atoms with E-state index in [0.29, 0.717) is 5.69 Å². The van der Waals surface area contributed by atoms with Crippen molar-refractivity contribution in [2.75, 3.05) is 16.1 Å². The molecule has 21 nitrogen and oxygen atoms in total. The normalized spacial score (nSPS) is 10.2. The van der Waals surface area contributed by atoms with E-state index in [1.807, 2.05) is 6.07 Å². The van der Waals surface area contributed by atoms with E-state index < -0.39 is 35.0 Å². The Kier molecular flexibility index (Phi) is 17.1. The largest absolute Gasteiger partial charge is 1.00 e. The quantitative estimate of drug-likeness (QED) is 0.0450. The number of hydrogen-bond donors (Lipinski definition) is 3. The molecule has 0 aliphatic carbocycles. The first-order valence-electron chi connectivity index (χ1n) is 15.4. The van der Waals surface area contributed by atoms with Crippen LogP contribution < -0.4 is 118 Å². The summed E-state index contributed by atoms with van der Waals surface area (Å²) in [5, 5.41) is 76.3. The summed E-state index contributed by atoms with van der Waals surface area (Å²) in [6.07, 6.45) is 1.10. The fourth-order valence-electron chi connectivity index (χ4n) is 5.02. The number of hydrogen-bond acceptors (Lipinski definition) is 19. The van der Waals surface area contributed by atoms with Crippen LogP contribution in [0.15, 0.2) is 89.2 Å². The molecule has 0 bridgehead atoms. The molecule has 0 saturated heterocycles. The second-order valence-corrected chi connectivity index (χ2v) is 11.3. The number of hydrazine groups is 1. The van der Waals surface area contributed by atoms with Crippen LogP contribution >= 0.6 is 0 Å². The van der Waals surface area contributed by atoms with Gasteiger partial charge in [-0.3, -0.25) is 0 Å². The number of nitrogens with zero attached hydrogens (tertiary/aromatic N) is 10. The number of anilines is 5. The number of carbonyl (C=O) groups excluding carboxylic acids is 4. The zero-order chi connectivity index (χ0) is 39.6. The third-order valence-electron chi connectivity index (χ3n) is 7.71. The second kappa shape index (κ2) is 20.5. The van der Waals surface area contributed by atoms with Crippen molar-refractivity contribution in [3.63, 3.8) is 0 Å². The number of nitriles is 1. The van der Waals surface area contributed by atoms with Crippen molar-refractivity contribution in [3.8, 4) is 17.6 Å². The van der Waals surface area contributed by atoms with Gasteiger partial charge in [-0.15, -0.1) is 10.2 Å². The Hall–Kier alpha value is -6.12. The zero-order valence-corrected chi connectivity index (χ0v) is 31.9. The van der Waals surface area contributed by atoms with E-state index in [1.165, 1.54) is 66.2 Å². The maximum Gasteiger partial charge on any atom is 1.00 e. The van der Waals surface area contributed by atoms with E-state index in [9.17, 15) is 44.9 Å². The minimum absolute atomic E-state index is 0. The number of azo groups is 1. The van der Waals surface area contributed by atoms with Gasteiger partial charge >= 0.3 is 75.4 Å². The van der Waals surface area contributed by atoms with Crippen molar-refractivity contribution < 1.29 is 115 Å². The fourth-order valence-corrected chi connectivity index (χ4v) is 5.02. The molecule has 274 valence electrons. The van der Waals surface area contributed by atoms with Crippen molar-refractivity contribution in [3.05, 3.63) is 113 Å². The molecule has 0 fully saturated rings. The van der Waals surface area contributed by atoms with E-state index >= 15 is 0 Å². The Balaban J connectivity index is 0.00000300. The molecule has 6 rings (SSSR count). The van der Waals surface area contributed by atoms with E-state index in [1.54, 1.807) is 0 Å². The molecule has 0 aliphatic rings. The Labute approximate surface area is 380 Å². The first kappa shape index (κ1) is 49.0. The van der Waals surface area contributed by atoms with Gasteiger partial charge in [0.2, 0.25) is 5.95 Å². The van der Waals surface area contributed by atoms with Gasteiger partial charge in [0.1, 0.15) is 17.5 Å². The predicted octanol–water partition coefficient (Wildman–Crippen LogP) is -12.7. The summed E-state index contributed by atoms with van der Waals surface area (Å²) in [5.41, 5.74) is 5.96. The van der Waals surface area contributed by atoms with Crippen molar-refractivity contribution in [2.24, 2.45) is 16.1 Å². The van der Waals surface area contributed by atoms with Crippen LogP contribution in [0.1, 0.15) is 52.7 Å². The van der Waals surface area contributed by atoms with Crippen molar-refractivity contribution in [1.29, 1.82) is 5.26 Å². The number of aromatic carboxylic acids is 4. The van der Waals surface area contributed by atoms with Crippen LogP contribution in [0.2, 0.25) is 0 Å². The Morgan fingerprint density at radius 3 is 1.83 bits per heavy atom. The number of rotatable bonds is 12. The molecule has 3 heterocycles. The molecule has 0 unspecified atom stereocenters. The first-order chi connectivity index (χ1) is 26.2. The summed E-state index contributed by atoms with van der Waals surface area (Å²) in [6.45, 7) is 1.54. The third-order valence-corrected chi connectivity index (χ3v) is 7.71. The van der Waals surface area contributed by atoms with Crippen molar-refractivity contribution in [2.45, 2.75) is 6.92 Å². The van der Waals surface area contributed by atoms with Gasteiger partial charge in [-0.05, 0) is 71.6 Å². The smallest absolute Gasteiger partial charge is 0.545 e. The summed E-state index contributed by atoms with van der Waals surface area (Å²) < 4.78 is 2.16. The molecular formula is C34H21Li4N13O8. The topological polar surface area (TPSA) is 338 Å². The number of nitrogens with one attached hydrogen (secondary N) is 1. The number of nitrogen functional groups attached to an aromatic ring is 1. The van der Waals surface area contributed by atoms with Gasteiger partial charge in [0.15, 0.2) is 23.1 Å². The minimum atomic E-state index is -1.68. The molecule has 25 heteroatoms. The van der Waals surface area contributed by atoms with Gasteiger partial charge in [0.25, 0.3) is 0 Å². The van der Waals surface area contributed by atoms with Crippen LogP contribution in [0, 0.1) is 18.3 Å². The van der Waals surface area contributed by atoms with Crippen molar-refractivity contribution in [1.82, 2.24) is 29.5 Å². The van der Waals surface area contributed by atoms with Crippen LogP contribution in [0.5, 0.6) is 0 Å². The summed E-state index contributed by atoms with van der Waals surface area (Å²) in [6, 6.07) is 17.1. The fraction of sp³-hybridized carbons (Fsp3) is 0.0294. The van der Waals surface area contributed by atoms with Crippen LogP contribution in [-0.2, 0) is 0 Å². The second-order valence-electron chi connectivity index (χ2n) is 11.3. The molecule has 0 aliphatic heterocycles. The molecule has 3 aromatic heterocycles. The first-order valence-corrected chi connectivity index (χ1v) is 15.4. The standard InChI is InChI=1S/C34H25N13O8.4Li/c1-16-27(42-43-29-21(14-35)15-38-46(29)24-11-19(32(52)53)10-20(12-24)33(54)55)28(36)47(44-16)26-13-25(39-22-6-2-17(3-7-22)30(48)49)40-34(41-26)45(37)23-8-4-18(5-9-23)31(50)51;;;;/h2-13,15H,36-37H2,1H3,(H,48,49)(H,50,51)(H,52,53)(H,54,55)(H,39,40,41);;;;/q;4*+1/p-4. The van der Waals surface area contributed by atoms with Gasteiger partial charge in [-0.25, -0.2) is 15.5 Å². The van der Waals surface area contributed by atoms with Gasteiger partial charge in [0.05, 0.1) is 47.1 Å². The third kappa shape index (κ3) is 10.7. The maximum absolute atomic E-state index is 11.6. The van der Waals surface area contributed by atoms with Gasteiger partial charge < -0.3 is 50.7 Å². The van der Waals surface area contributed by atoms with Gasteiger partial charge in [-0.2, -0.15) is 30.1 Å². The van der Waals surface area contributed by atoms with E-state index in [0.717, 1.165) is 34.1 Å². The van der Waals surface area contributed by atoms with Crippen molar-refractivity contribution >= 4 is 64.3 Å². The Bertz CT molecular complexity index is 2580. The number of nitrogens with two attached hydrogens (primary N) is 2.